The molecule has 3 nitrogen and oxygen atoms in total. The number of hydrogen-bond acceptors (Lipinski definition) is 3. The van der Waals surface area contributed by atoms with E-state index in [4.69, 9.17) is 4.74 Å². The molecule has 3 heteroatoms. The lowest BCUT2D eigenvalue weighted by atomic mass is 9.90. The van der Waals surface area contributed by atoms with Crippen LogP contribution in [0.15, 0.2) is 30.3 Å². The predicted molar refractivity (Wildman–Crippen MR) is 80.4 cm³/mol. The van der Waals surface area contributed by atoms with Crippen molar-refractivity contribution in [2.24, 2.45) is 5.92 Å². The summed E-state index contributed by atoms with van der Waals surface area (Å²) in [7, 11) is 0. The largest absolute Gasteiger partial charge is 0.465 e. The van der Waals surface area contributed by atoms with Crippen LogP contribution in [0.3, 0.4) is 0 Å². The third-order valence-electron chi connectivity index (χ3n) is 4.24. The quantitative estimate of drug-likeness (QED) is 0.789. The molecule has 1 aromatic carbocycles. The zero-order chi connectivity index (χ0) is 14.5. The van der Waals surface area contributed by atoms with E-state index in [0.29, 0.717) is 12.5 Å². The Hall–Kier alpha value is -1.35. The predicted octanol–water partition coefficient (Wildman–Crippen LogP) is 3.41. The normalized spacial score (nSPS) is 25.1. The highest BCUT2D eigenvalue weighted by molar-refractivity contribution is 5.76. The lowest BCUT2D eigenvalue weighted by Gasteiger charge is -2.40. The third kappa shape index (κ3) is 3.40. The van der Waals surface area contributed by atoms with Gasteiger partial charge in [0.25, 0.3) is 0 Å². The molecule has 0 N–H and O–H groups in total. The Morgan fingerprint density at radius 1 is 1.40 bits per heavy atom. The van der Waals surface area contributed by atoms with Crippen LogP contribution in [-0.4, -0.2) is 30.1 Å². The summed E-state index contributed by atoms with van der Waals surface area (Å²) in [6, 6.07) is 10.5. The molecular weight excluding hydrogens is 250 g/mol. The number of benzene rings is 1. The topological polar surface area (TPSA) is 29.5 Å². The summed E-state index contributed by atoms with van der Waals surface area (Å²) in [5, 5.41) is 0. The fraction of sp³-hybridized carbons (Fsp3) is 0.588. The average molecular weight is 275 g/mol. The van der Waals surface area contributed by atoms with Crippen LogP contribution in [0.2, 0.25) is 0 Å². The number of esters is 1. The van der Waals surface area contributed by atoms with Crippen LogP contribution in [-0.2, 0) is 9.53 Å². The second-order valence-electron chi connectivity index (χ2n) is 5.72. The van der Waals surface area contributed by atoms with Crippen molar-refractivity contribution in [3.05, 3.63) is 35.9 Å². The van der Waals surface area contributed by atoms with Crippen LogP contribution >= 0.6 is 0 Å². The van der Waals surface area contributed by atoms with E-state index in [1.54, 1.807) is 0 Å². The van der Waals surface area contributed by atoms with E-state index in [1.807, 2.05) is 13.0 Å². The van der Waals surface area contributed by atoms with Gasteiger partial charge in [0.1, 0.15) is 6.04 Å². The minimum atomic E-state index is -0.103. The molecule has 0 unspecified atom stereocenters. The van der Waals surface area contributed by atoms with Gasteiger partial charge in [0, 0.05) is 6.04 Å². The van der Waals surface area contributed by atoms with Gasteiger partial charge in [-0.2, -0.15) is 0 Å². The zero-order valence-electron chi connectivity index (χ0n) is 12.7. The van der Waals surface area contributed by atoms with E-state index in [0.717, 1.165) is 19.4 Å². The summed E-state index contributed by atoms with van der Waals surface area (Å²) in [4.78, 5) is 14.5. The molecule has 110 valence electrons. The van der Waals surface area contributed by atoms with E-state index < -0.39 is 0 Å². The second kappa shape index (κ2) is 6.89. The number of carbonyl (C=O) groups is 1. The summed E-state index contributed by atoms with van der Waals surface area (Å²) in [5.41, 5.74) is 1.26. The number of nitrogens with zero attached hydrogens (tertiary/aromatic N) is 1. The number of ether oxygens (including phenoxy) is 1. The minimum absolute atomic E-state index is 0.0677. The van der Waals surface area contributed by atoms with E-state index in [-0.39, 0.29) is 18.1 Å². The molecule has 0 aliphatic carbocycles. The van der Waals surface area contributed by atoms with Gasteiger partial charge in [0.05, 0.1) is 6.61 Å². The Kier molecular flexibility index (Phi) is 5.18. The molecule has 0 saturated carbocycles. The van der Waals surface area contributed by atoms with Crippen molar-refractivity contribution in [1.82, 2.24) is 4.90 Å². The van der Waals surface area contributed by atoms with Crippen LogP contribution in [0.5, 0.6) is 0 Å². The Morgan fingerprint density at radius 2 is 2.10 bits per heavy atom. The zero-order valence-corrected chi connectivity index (χ0v) is 12.7. The molecule has 2 rings (SSSR count). The van der Waals surface area contributed by atoms with Crippen LogP contribution in [0.4, 0.5) is 0 Å². The first-order chi connectivity index (χ1) is 9.63. The van der Waals surface area contributed by atoms with Gasteiger partial charge < -0.3 is 4.74 Å². The van der Waals surface area contributed by atoms with Crippen LogP contribution < -0.4 is 0 Å². The molecule has 1 heterocycles. The van der Waals surface area contributed by atoms with Crippen molar-refractivity contribution in [2.75, 3.05) is 13.2 Å². The minimum Gasteiger partial charge on any atom is -0.465 e. The van der Waals surface area contributed by atoms with Crippen molar-refractivity contribution < 1.29 is 9.53 Å². The van der Waals surface area contributed by atoms with Gasteiger partial charge in [0.2, 0.25) is 0 Å². The summed E-state index contributed by atoms with van der Waals surface area (Å²) in [5.74, 6) is 0.519. The van der Waals surface area contributed by atoms with E-state index in [2.05, 4.69) is 43.0 Å². The third-order valence-corrected chi connectivity index (χ3v) is 4.24. The Labute approximate surface area is 121 Å². The standard InChI is InChI=1S/C17H25NO2/c1-4-20-17(19)16-12-13(2)10-11-18(16)14(3)15-8-6-5-7-9-15/h5-9,13-14,16H,4,10-12H2,1-3H3/t13-,14-,16+/m1/s1. The number of rotatable bonds is 4. The molecule has 0 aromatic heterocycles. The smallest absolute Gasteiger partial charge is 0.323 e. The van der Waals surface area contributed by atoms with E-state index >= 15 is 0 Å². The van der Waals surface area contributed by atoms with Gasteiger partial charge in [-0.15, -0.1) is 0 Å². The molecule has 1 fully saturated rings. The Bertz CT molecular complexity index is 432. The highest BCUT2D eigenvalue weighted by Gasteiger charge is 2.35. The summed E-state index contributed by atoms with van der Waals surface area (Å²) >= 11 is 0. The molecule has 1 aliphatic heterocycles. The molecular formula is C17H25NO2. The van der Waals surface area contributed by atoms with Gasteiger partial charge >= 0.3 is 5.97 Å². The first-order valence-corrected chi connectivity index (χ1v) is 7.60. The number of carbonyl (C=O) groups excluding carboxylic acids is 1. The maximum atomic E-state index is 12.2. The summed E-state index contributed by atoms with van der Waals surface area (Å²) in [6.07, 6.45) is 2.04. The number of hydrogen-bond donors (Lipinski definition) is 0. The highest BCUT2D eigenvalue weighted by Crippen LogP contribution is 2.31. The van der Waals surface area contributed by atoms with E-state index in [1.165, 1.54) is 5.56 Å². The molecule has 0 bridgehead atoms. The lowest BCUT2D eigenvalue weighted by Crippen LogP contribution is -2.48. The molecule has 20 heavy (non-hydrogen) atoms. The Morgan fingerprint density at radius 3 is 2.75 bits per heavy atom. The van der Waals surface area contributed by atoms with E-state index in [9.17, 15) is 4.79 Å². The van der Waals surface area contributed by atoms with Gasteiger partial charge in [-0.3, -0.25) is 9.69 Å². The van der Waals surface area contributed by atoms with Crippen molar-refractivity contribution in [3.63, 3.8) is 0 Å². The highest BCUT2D eigenvalue weighted by atomic mass is 16.5. The van der Waals surface area contributed by atoms with Crippen LogP contribution in [0, 0.1) is 5.92 Å². The number of piperidine rings is 1. The number of likely N-dealkylation sites (tertiary alicyclic amines) is 1. The first kappa shape index (κ1) is 15.0. The van der Waals surface area contributed by atoms with Gasteiger partial charge in [-0.25, -0.2) is 0 Å². The first-order valence-electron chi connectivity index (χ1n) is 7.60. The fourth-order valence-electron chi connectivity index (χ4n) is 3.02. The molecule has 0 radical (unpaired) electrons. The maximum Gasteiger partial charge on any atom is 0.323 e. The summed E-state index contributed by atoms with van der Waals surface area (Å²) in [6.45, 7) is 7.68. The molecule has 0 amide bonds. The lowest BCUT2D eigenvalue weighted by molar-refractivity contribution is -0.153. The molecule has 3 atom stereocenters. The SMILES string of the molecule is CCOC(=O)[C@@H]1C[C@H](C)CCN1[C@H](C)c1ccccc1. The van der Waals surface area contributed by atoms with Gasteiger partial charge in [-0.1, -0.05) is 37.3 Å². The van der Waals surface area contributed by atoms with Crippen molar-refractivity contribution in [2.45, 2.75) is 45.7 Å². The van der Waals surface area contributed by atoms with Gasteiger partial charge in [0.15, 0.2) is 0 Å². The summed E-state index contributed by atoms with van der Waals surface area (Å²) < 4.78 is 5.27. The van der Waals surface area contributed by atoms with Gasteiger partial charge in [-0.05, 0) is 44.7 Å². The van der Waals surface area contributed by atoms with Crippen LogP contribution in [0.25, 0.3) is 0 Å². The fourth-order valence-corrected chi connectivity index (χ4v) is 3.02. The Balaban J connectivity index is 2.16. The molecule has 0 spiro atoms. The van der Waals surface area contributed by atoms with Crippen molar-refractivity contribution in [3.8, 4) is 0 Å². The molecule has 1 saturated heterocycles. The van der Waals surface area contributed by atoms with Crippen molar-refractivity contribution in [1.29, 1.82) is 0 Å². The van der Waals surface area contributed by atoms with Crippen LogP contribution in [0.1, 0.15) is 45.2 Å². The monoisotopic (exact) mass is 275 g/mol. The second-order valence-corrected chi connectivity index (χ2v) is 5.72. The average Bonchev–Trinajstić information content (AvgIpc) is 2.47. The maximum absolute atomic E-state index is 12.2. The van der Waals surface area contributed by atoms with Crippen molar-refractivity contribution >= 4 is 5.97 Å². The molecule has 1 aliphatic rings. The molecule has 1 aromatic rings.